The molecule has 2 aromatic rings. The number of hydrogen-bond donors (Lipinski definition) is 2. The molecule has 0 aliphatic heterocycles. The predicted octanol–water partition coefficient (Wildman–Crippen LogP) is 3.43. The molecule has 1 amide bonds. The molecule has 0 saturated carbocycles. The van der Waals surface area contributed by atoms with Crippen molar-refractivity contribution in [2.24, 2.45) is 7.05 Å². The maximum absolute atomic E-state index is 11.9. The largest absolute Gasteiger partial charge is 0.444 e. The number of ether oxygens (including phenoxy) is 1. The summed E-state index contributed by atoms with van der Waals surface area (Å²) in [7, 11) is 1.79. The highest BCUT2D eigenvalue weighted by molar-refractivity contribution is 7.11. The van der Waals surface area contributed by atoms with Crippen LogP contribution in [0.3, 0.4) is 0 Å². The highest BCUT2D eigenvalue weighted by atomic mass is 32.1. The van der Waals surface area contributed by atoms with Crippen molar-refractivity contribution in [2.75, 3.05) is 5.32 Å². The number of carbonyl (C=O) groups excluding carboxylic acids is 1. The molecule has 2 heterocycles. The summed E-state index contributed by atoms with van der Waals surface area (Å²) in [4.78, 5) is 14.5. The lowest BCUT2D eigenvalue weighted by atomic mass is 10.2. The lowest BCUT2D eigenvalue weighted by molar-refractivity contribution is 0.0634. The Labute approximate surface area is 140 Å². The van der Waals surface area contributed by atoms with Gasteiger partial charge < -0.3 is 10.1 Å². The number of hydrogen-bond acceptors (Lipinski definition) is 5. The fourth-order valence-corrected chi connectivity index (χ4v) is 2.93. The van der Waals surface area contributed by atoms with Gasteiger partial charge in [-0.3, -0.25) is 10.00 Å². The molecule has 0 unspecified atom stereocenters. The van der Waals surface area contributed by atoms with Gasteiger partial charge in [-0.05, 0) is 39.8 Å². The Kier molecular flexibility index (Phi) is 5.43. The van der Waals surface area contributed by atoms with Gasteiger partial charge in [0.1, 0.15) is 11.4 Å². The summed E-state index contributed by atoms with van der Waals surface area (Å²) in [6.45, 7) is 9.01. The van der Waals surface area contributed by atoms with Crippen LogP contribution in [0.4, 0.5) is 10.6 Å². The molecular formula is C16H24N4O2S. The van der Waals surface area contributed by atoms with Gasteiger partial charge in [-0.25, -0.2) is 4.79 Å². The van der Waals surface area contributed by atoms with Crippen molar-refractivity contribution in [1.29, 1.82) is 0 Å². The van der Waals surface area contributed by atoms with Crippen LogP contribution < -0.4 is 10.6 Å². The second kappa shape index (κ2) is 7.14. The molecule has 0 aliphatic rings. The molecule has 7 heteroatoms. The highest BCUT2D eigenvalue weighted by Crippen LogP contribution is 2.18. The van der Waals surface area contributed by atoms with Gasteiger partial charge in [0.2, 0.25) is 0 Å². The van der Waals surface area contributed by atoms with Crippen molar-refractivity contribution < 1.29 is 9.53 Å². The van der Waals surface area contributed by atoms with Gasteiger partial charge in [0.15, 0.2) is 0 Å². The van der Waals surface area contributed by atoms with Crippen molar-refractivity contribution in [2.45, 2.75) is 46.4 Å². The van der Waals surface area contributed by atoms with Crippen molar-refractivity contribution in [1.82, 2.24) is 15.1 Å². The number of amides is 1. The number of anilines is 1. The zero-order valence-corrected chi connectivity index (χ0v) is 15.1. The molecule has 0 saturated heterocycles. The van der Waals surface area contributed by atoms with Crippen LogP contribution in [-0.4, -0.2) is 21.5 Å². The summed E-state index contributed by atoms with van der Waals surface area (Å²) >= 11 is 1.78. The topological polar surface area (TPSA) is 68.2 Å². The summed E-state index contributed by atoms with van der Waals surface area (Å²) < 4.78 is 6.92. The van der Waals surface area contributed by atoms with Crippen LogP contribution in [0, 0.1) is 6.92 Å². The van der Waals surface area contributed by atoms with Gasteiger partial charge in [-0.2, -0.15) is 5.10 Å². The molecule has 0 fully saturated rings. The van der Waals surface area contributed by atoms with E-state index in [9.17, 15) is 4.79 Å². The Morgan fingerprint density at radius 2 is 2.09 bits per heavy atom. The van der Waals surface area contributed by atoms with E-state index < -0.39 is 11.7 Å². The van der Waals surface area contributed by atoms with E-state index in [1.54, 1.807) is 29.3 Å². The molecule has 0 spiro atoms. The lowest BCUT2D eigenvalue weighted by Gasteiger charge is -2.20. The molecule has 0 bridgehead atoms. The van der Waals surface area contributed by atoms with E-state index in [1.165, 1.54) is 9.75 Å². The Morgan fingerprint density at radius 3 is 2.70 bits per heavy atom. The second-order valence-electron chi connectivity index (χ2n) is 6.38. The third kappa shape index (κ3) is 5.37. The van der Waals surface area contributed by atoms with E-state index in [4.69, 9.17) is 4.74 Å². The summed E-state index contributed by atoms with van der Waals surface area (Å²) in [6.07, 6.45) is 1.27. The molecule has 0 aliphatic carbocycles. The van der Waals surface area contributed by atoms with Crippen LogP contribution in [0.15, 0.2) is 18.3 Å². The van der Waals surface area contributed by atoms with E-state index in [0.717, 1.165) is 12.1 Å². The number of nitrogens with one attached hydrogen (secondary N) is 2. The second-order valence-corrected chi connectivity index (χ2v) is 7.76. The maximum Gasteiger partial charge on any atom is 0.413 e. The van der Waals surface area contributed by atoms with E-state index >= 15 is 0 Å². The van der Waals surface area contributed by atoms with Gasteiger partial charge in [0.05, 0.1) is 6.20 Å². The normalized spacial score (nSPS) is 11.5. The van der Waals surface area contributed by atoms with Crippen LogP contribution >= 0.6 is 11.3 Å². The molecule has 6 nitrogen and oxygen atoms in total. The van der Waals surface area contributed by atoms with E-state index in [2.05, 4.69) is 34.8 Å². The standard InChI is InChI=1S/C16H24N4O2S/c1-11-6-7-13(23-11)10-17-8-12-9-18-20(5)14(12)19-15(21)22-16(2,3)4/h6-7,9,17H,8,10H2,1-5H3,(H,19,21). The molecule has 0 radical (unpaired) electrons. The van der Waals surface area contributed by atoms with E-state index in [1.807, 2.05) is 20.8 Å². The molecule has 0 aromatic carbocycles. The van der Waals surface area contributed by atoms with Crippen LogP contribution in [0.5, 0.6) is 0 Å². The monoisotopic (exact) mass is 336 g/mol. The molecule has 126 valence electrons. The van der Waals surface area contributed by atoms with E-state index in [-0.39, 0.29) is 0 Å². The molecule has 2 N–H and O–H groups in total. The Hall–Kier alpha value is -1.86. The summed E-state index contributed by atoms with van der Waals surface area (Å²) in [5.74, 6) is 0.647. The quantitative estimate of drug-likeness (QED) is 0.878. The van der Waals surface area contributed by atoms with Crippen LogP contribution in [-0.2, 0) is 24.9 Å². The van der Waals surface area contributed by atoms with Gasteiger partial charge in [-0.15, -0.1) is 11.3 Å². The van der Waals surface area contributed by atoms with Crippen molar-refractivity contribution in [3.63, 3.8) is 0 Å². The van der Waals surface area contributed by atoms with Gasteiger partial charge in [-0.1, -0.05) is 0 Å². The number of aromatic nitrogens is 2. The maximum atomic E-state index is 11.9. The van der Waals surface area contributed by atoms with Crippen molar-refractivity contribution in [3.05, 3.63) is 33.6 Å². The van der Waals surface area contributed by atoms with Crippen molar-refractivity contribution in [3.8, 4) is 0 Å². The third-order valence-electron chi connectivity index (χ3n) is 3.04. The smallest absolute Gasteiger partial charge is 0.413 e. The highest BCUT2D eigenvalue weighted by Gasteiger charge is 2.18. The SMILES string of the molecule is Cc1ccc(CNCc2cnn(C)c2NC(=O)OC(C)(C)C)s1. The van der Waals surface area contributed by atoms with Crippen LogP contribution in [0.2, 0.25) is 0 Å². The average Bonchev–Trinajstić information content (AvgIpc) is 2.97. The minimum absolute atomic E-state index is 0.476. The van der Waals surface area contributed by atoms with Gasteiger partial charge >= 0.3 is 6.09 Å². The van der Waals surface area contributed by atoms with Crippen molar-refractivity contribution >= 4 is 23.2 Å². The summed E-state index contributed by atoms with van der Waals surface area (Å²) in [5.41, 5.74) is 0.393. The molecule has 23 heavy (non-hydrogen) atoms. The van der Waals surface area contributed by atoms with Crippen LogP contribution in [0.25, 0.3) is 0 Å². The fourth-order valence-electron chi connectivity index (χ4n) is 2.07. The first kappa shape index (κ1) is 17.5. The first-order valence-corrected chi connectivity index (χ1v) is 8.33. The average molecular weight is 336 g/mol. The third-order valence-corrected chi connectivity index (χ3v) is 4.05. The first-order chi connectivity index (χ1) is 10.7. The first-order valence-electron chi connectivity index (χ1n) is 7.51. The fraction of sp³-hybridized carbons (Fsp3) is 0.500. The van der Waals surface area contributed by atoms with E-state index in [0.29, 0.717) is 12.4 Å². The number of aryl methyl sites for hydroxylation is 2. The minimum atomic E-state index is -0.530. The number of rotatable bonds is 5. The Bertz CT molecular complexity index is 670. The Morgan fingerprint density at radius 1 is 1.35 bits per heavy atom. The molecule has 2 rings (SSSR count). The van der Waals surface area contributed by atoms with Gasteiger partial charge in [0, 0.05) is 35.5 Å². The molecule has 2 aromatic heterocycles. The number of nitrogens with zero attached hydrogens (tertiary/aromatic N) is 2. The zero-order valence-electron chi connectivity index (χ0n) is 14.3. The lowest BCUT2D eigenvalue weighted by Crippen LogP contribution is -2.28. The minimum Gasteiger partial charge on any atom is -0.444 e. The zero-order chi connectivity index (χ0) is 17.0. The van der Waals surface area contributed by atoms with Gasteiger partial charge in [0.25, 0.3) is 0 Å². The van der Waals surface area contributed by atoms with Crippen LogP contribution in [0.1, 0.15) is 36.1 Å². The molecule has 0 atom stereocenters. The number of carbonyl (C=O) groups is 1. The summed E-state index contributed by atoms with van der Waals surface area (Å²) in [5, 5.41) is 10.3. The predicted molar refractivity (Wildman–Crippen MR) is 92.7 cm³/mol. The Balaban J connectivity index is 1.94. The molecular weight excluding hydrogens is 312 g/mol. The summed E-state index contributed by atoms with van der Waals surface area (Å²) in [6, 6.07) is 4.23. The number of thiophene rings is 1.